The second kappa shape index (κ2) is 4.74. The molecule has 1 aliphatic rings. The van der Waals surface area contributed by atoms with Crippen LogP contribution in [0.5, 0.6) is 0 Å². The topological polar surface area (TPSA) is 22.0 Å². The monoisotopic (exact) mass is 295 g/mol. The summed E-state index contributed by atoms with van der Waals surface area (Å²) in [6.07, 6.45) is 2.47. The molecule has 1 aromatic heterocycles. The lowest BCUT2D eigenvalue weighted by atomic mass is 9.98. The van der Waals surface area contributed by atoms with Crippen molar-refractivity contribution in [3.05, 3.63) is 59.2 Å². The third kappa shape index (κ3) is 1.90. The molecule has 0 bridgehead atoms. The summed E-state index contributed by atoms with van der Waals surface area (Å²) in [5.41, 5.74) is 4.39. The van der Waals surface area contributed by atoms with Gasteiger partial charge in [0.2, 0.25) is 5.91 Å². The van der Waals surface area contributed by atoms with Crippen LogP contribution >= 0.6 is 11.6 Å². The Morgan fingerprint density at radius 1 is 1.00 bits per heavy atom. The van der Waals surface area contributed by atoms with Crippen molar-refractivity contribution in [3.63, 3.8) is 0 Å². The van der Waals surface area contributed by atoms with E-state index in [0.717, 1.165) is 40.6 Å². The molecule has 0 atom stereocenters. The molecular weight excluding hydrogens is 282 g/mol. The fourth-order valence-corrected chi connectivity index (χ4v) is 3.46. The van der Waals surface area contributed by atoms with Crippen LogP contribution in [-0.4, -0.2) is 10.5 Å². The average molecular weight is 296 g/mol. The normalized spacial score (nSPS) is 14.4. The van der Waals surface area contributed by atoms with E-state index in [0.29, 0.717) is 11.4 Å². The van der Waals surface area contributed by atoms with Gasteiger partial charge in [-0.1, -0.05) is 41.9 Å². The zero-order chi connectivity index (χ0) is 14.4. The van der Waals surface area contributed by atoms with E-state index < -0.39 is 0 Å². The lowest BCUT2D eigenvalue weighted by Crippen LogP contribution is -2.18. The van der Waals surface area contributed by atoms with Gasteiger partial charge in [-0.25, -0.2) is 0 Å². The Hall–Kier alpha value is -2.06. The van der Waals surface area contributed by atoms with Crippen molar-refractivity contribution in [2.75, 3.05) is 0 Å². The first-order valence-electron chi connectivity index (χ1n) is 7.17. The van der Waals surface area contributed by atoms with Gasteiger partial charge in [0.1, 0.15) is 0 Å². The maximum atomic E-state index is 12.4. The highest BCUT2D eigenvalue weighted by Gasteiger charge is 2.25. The van der Waals surface area contributed by atoms with Gasteiger partial charge < -0.3 is 0 Å². The van der Waals surface area contributed by atoms with Gasteiger partial charge in [-0.3, -0.25) is 9.36 Å². The second-order valence-corrected chi connectivity index (χ2v) is 5.87. The summed E-state index contributed by atoms with van der Waals surface area (Å²) in [6, 6.07) is 16.0. The molecule has 3 aromatic rings. The number of benzene rings is 2. The van der Waals surface area contributed by atoms with Crippen molar-refractivity contribution in [1.82, 2.24) is 4.57 Å². The molecule has 0 N–H and O–H groups in total. The van der Waals surface area contributed by atoms with Crippen LogP contribution in [0, 0.1) is 0 Å². The van der Waals surface area contributed by atoms with Crippen molar-refractivity contribution < 1.29 is 4.79 Å². The van der Waals surface area contributed by atoms with Crippen molar-refractivity contribution in [1.29, 1.82) is 0 Å². The van der Waals surface area contributed by atoms with Gasteiger partial charge >= 0.3 is 0 Å². The first kappa shape index (κ1) is 12.7. The minimum Gasteiger partial charge on any atom is -0.284 e. The SMILES string of the molecule is O=C1CCCc2c(-c3ccccc3)c3cc(Cl)ccc3n21. The zero-order valence-electron chi connectivity index (χ0n) is 11.5. The number of hydrogen-bond acceptors (Lipinski definition) is 1. The summed E-state index contributed by atoms with van der Waals surface area (Å²) in [5, 5.41) is 1.77. The summed E-state index contributed by atoms with van der Waals surface area (Å²) >= 11 is 6.18. The summed E-state index contributed by atoms with van der Waals surface area (Å²) in [6.45, 7) is 0. The van der Waals surface area contributed by atoms with E-state index in [-0.39, 0.29) is 5.91 Å². The van der Waals surface area contributed by atoms with Crippen LogP contribution in [0.4, 0.5) is 0 Å². The van der Waals surface area contributed by atoms with Gasteiger partial charge in [-0.05, 0) is 36.6 Å². The van der Waals surface area contributed by atoms with Crippen LogP contribution < -0.4 is 0 Å². The van der Waals surface area contributed by atoms with Gasteiger partial charge in [-0.2, -0.15) is 0 Å². The Kier molecular flexibility index (Phi) is 2.86. The molecule has 21 heavy (non-hydrogen) atoms. The second-order valence-electron chi connectivity index (χ2n) is 5.43. The van der Waals surface area contributed by atoms with E-state index in [2.05, 4.69) is 12.1 Å². The fourth-order valence-electron chi connectivity index (χ4n) is 3.28. The number of carbonyl (C=O) groups excluding carboxylic acids is 1. The Morgan fingerprint density at radius 2 is 1.81 bits per heavy atom. The molecule has 0 fully saturated rings. The lowest BCUT2D eigenvalue weighted by molar-refractivity contribution is 0.0890. The number of fused-ring (bicyclic) bond motifs is 3. The van der Waals surface area contributed by atoms with Gasteiger partial charge in [0.25, 0.3) is 0 Å². The van der Waals surface area contributed by atoms with Gasteiger partial charge in [0.15, 0.2) is 0 Å². The van der Waals surface area contributed by atoms with Crippen LogP contribution in [0.25, 0.3) is 22.0 Å². The molecule has 4 rings (SSSR count). The number of carbonyl (C=O) groups is 1. The molecule has 2 heterocycles. The predicted octanol–water partition coefficient (Wildman–Crippen LogP) is 4.94. The molecule has 0 spiro atoms. The van der Waals surface area contributed by atoms with Crippen molar-refractivity contribution in [2.24, 2.45) is 0 Å². The van der Waals surface area contributed by atoms with E-state index in [1.807, 2.05) is 41.0 Å². The molecule has 0 saturated carbocycles. The zero-order valence-corrected chi connectivity index (χ0v) is 12.2. The van der Waals surface area contributed by atoms with E-state index in [9.17, 15) is 4.79 Å². The van der Waals surface area contributed by atoms with Crippen LogP contribution in [-0.2, 0) is 6.42 Å². The Labute approximate surface area is 128 Å². The maximum absolute atomic E-state index is 12.4. The first-order chi connectivity index (χ1) is 10.3. The van der Waals surface area contributed by atoms with Crippen molar-refractivity contribution in [2.45, 2.75) is 19.3 Å². The Bertz CT molecular complexity index is 849. The predicted molar refractivity (Wildman–Crippen MR) is 85.9 cm³/mol. The standard InChI is InChI=1S/C18H14ClNO/c19-13-9-10-15-14(11-13)18(12-5-2-1-3-6-12)16-7-4-8-17(21)20(15)16/h1-3,5-6,9-11H,4,7-8H2. The Morgan fingerprint density at radius 3 is 2.62 bits per heavy atom. The van der Waals surface area contributed by atoms with Crippen LogP contribution in [0.2, 0.25) is 5.02 Å². The molecule has 2 nitrogen and oxygen atoms in total. The largest absolute Gasteiger partial charge is 0.284 e. The molecule has 2 aromatic carbocycles. The molecule has 0 amide bonds. The molecule has 3 heteroatoms. The summed E-state index contributed by atoms with van der Waals surface area (Å²) in [7, 11) is 0. The maximum Gasteiger partial charge on any atom is 0.231 e. The highest BCUT2D eigenvalue weighted by Crippen LogP contribution is 2.38. The smallest absolute Gasteiger partial charge is 0.231 e. The first-order valence-corrected chi connectivity index (χ1v) is 7.55. The summed E-state index contributed by atoms with van der Waals surface area (Å²) in [4.78, 5) is 12.4. The third-order valence-corrected chi connectivity index (χ3v) is 4.38. The Balaban J connectivity index is 2.14. The third-order valence-electron chi connectivity index (χ3n) is 4.14. The number of hydrogen-bond donors (Lipinski definition) is 0. The number of aromatic nitrogens is 1. The number of nitrogens with zero attached hydrogens (tertiary/aromatic N) is 1. The van der Waals surface area contributed by atoms with E-state index in [4.69, 9.17) is 11.6 Å². The van der Waals surface area contributed by atoms with Crippen LogP contribution in [0.3, 0.4) is 0 Å². The molecule has 0 unspecified atom stereocenters. The minimum absolute atomic E-state index is 0.186. The van der Waals surface area contributed by atoms with Crippen molar-refractivity contribution >= 4 is 28.4 Å². The van der Waals surface area contributed by atoms with E-state index >= 15 is 0 Å². The van der Waals surface area contributed by atoms with Gasteiger partial charge in [0, 0.05) is 28.1 Å². The molecular formula is C18H14ClNO. The molecule has 0 radical (unpaired) electrons. The molecule has 1 aliphatic heterocycles. The fraction of sp³-hybridized carbons (Fsp3) is 0.167. The van der Waals surface area contributed by atoms with Gasteiger partial charge in [-0.15, -0.1) is 0 Å². The number of rotatable bonds is 1. The van der Waals surface area contributed by atoms with E-state index in [1.54, 1.807) is 0 Å². The quantitative estimate of drug-likeness (QED) is 0.623. The molecule has 0 saturated heterocycles. The van der Waals surface area contributed by atoms with E-state index in [1.165, 1.54) is 0 Å². The lowest BCUT2D eigenvalue weighted by Gasteiger charge is -2.16. The van der Waals surface area contributed by atoms with Crippen LogP contribution in [0.1, 0.15) is 23.3 Å². The highest BCUT2D eigenvalue weighted by atomic mass is 35.5. The summed E-state index contributed by atoms with van der Waals surface area (Å²) in [5.74, 6) is 0.186. The van der Waals surface area contributed by atoms with Crippen molar-refractivity contribution in [3.8, 4) is 11.1 Å². The average Bonchev–Trinajstić information content (AvgIpc) is 2.82. The molecule has 0 aliphatic carbocycles. The van der Waals surface area contributed by atoms with Crippen LogP contribution in [0.15, 0.2) is 48.5 Å². The highest BCUT2D eigenvalue weighted by molar-refractivity contribution is 6.31. The van der Waals surface area contributed by atoms with Gasteiger partial charge in [0.05, 0.1) is 5.52 Å². The molecule has 104 valence electrons. The number of halogens is 1. The minimum atomic E-state index is 0.186. The summed E-state index contributed by atoms with van der Waals surface area (Å²) < 4.78 is 1.89.